The molecular weight excluding hydrogens is 278 g/mol. The Morgan fingerprint density at radius 2 is 2.29 bits per heavy atom. The van der Waals surface area contributed by atoms with Crippen molar-refractivity contribution in [1.29, 1.82) is 0 Å². The summed E-state index contributed by atoms with van der Waals surface area (Å²) in [6, 6.07) is 4.09. The molecular formula is C12H13N5O4. The second-order valence-corrected chi connectivity index (χ2v) is 4.15. The van der Waals surface area contributed by atoms with Crippen LogP contribution in [0.3, 0.4) is 0 Å². The summed E-state index contributed by atoms with van der Waals surface area (Å²) in [5, 5.41) is 13.4. The number of amides is 1. The first kappa shape index (κ1) is 14.5. The van der Waals surface area contributed by atoms with Crippen LogP contribution in [-0.2, 0) is 6.54 Å². The first-order valence-electron chi connectivity index (χ1n) is 5.96. The Bertz CT molecular complexity index is 682. The van der Waals surface area contributed by atoms with E-state index in [1.807, 2.05) is 0 Å². The number of hydrazine groups is 1. The average molecular weight is 291 g/mol. The molecule has 0 aliphatic carbocycles. The first-order chi connectivity index (χ1) is 10.0. The quantitative estimate of drug-likeness (QED) is 0.426. The first-order valence-corrected chi connectivity index (χ1v) is 5.96. The van der Waals surface area contributed by atoms with Crippen molar-refractivity contribution in [3.63, 3.8) is 0 Å². The SMILES string of the molecule is Cc1cnc(CNC(=O)c2cccc([N+](=O)[O-])c2NN)o1. The molecule has 2 rings (SSSR count). The Balaban J connectivity index is 2.19. The highest BCUT2D eigenvalue weighted by atomic mass is 16.6. The van der Waals surface area contributed by atoms with Crippen molar-refractivity contribution in [3.05, 3.63) is 51.7 Å². The van der Waals surface area contributed by atoms with E-state index < -0.39 is 10.8 Å². The Morgan fingerprint density at radius 1 is 1.52 bits per heavy atom. The van der Waals surface area contributed by atoms with Crippen molar-refractivity contribution in [2.45, 2.75) is 13.5 Å². The highest BCUT2D eigenvalue weighted by Gasteiger charge is 2.21. The molecule has 1 aromatic heterocycles. The molecule has 110 valence electrons. The minimum Gasteiger partial charge on any atom is -0.444 e. The largest absolute Gasteiger partial charge is 0.444 e. The van der Waals surface area contributed by atoms with Crippen LogP contribution in [0, 0.1) is 17.0 Å². The van der Waals surface area contributed by atoms with E-state index in [9.17, 15) is 14.9 Å². The van der Waals surface area contributed by atoms with Crippen LogP contribution in [0.4, 0.5) is 11.4 Å². The van der Waals surface area contributed by atoms with Gasteiger partial charge in [-0.3, -0.25) is 20.8 Å². The van der Waals surface area contributed by atoms with Crippen LogP contribution in [0.5, 0.6) is 0 Å². The third-order valence-electron chi connectivity index (χ3n) is 2.70. The van der Waals surface area contributed by atoms with Gasteiger partial charge in [-0.1, -0.05) is 6.07 Å². The van der Waals surface area contributed by atoms with Crippen molar-refractivity contribution in [2.75, 3.05) is 5.43 Å². The molecule has 1 amide bonds. The topological polar surface area (TPSA) is 136 Å². The zero-order valence-electron chi connectivity index (χ0n) is 11.1. The number of rotatable bonds is 5. The van der Waals surface area contributed by atoms with Gasteiger partial charge in [0.1, 0.15) is 11.4 Å². The van der Waals surface area contributed by atoms with E-state index in [-0.39, 0.29) is 23.5 Å². The fraction of sp³-hybridized carbons (Fsp3) is 0.167. The molecule has 0 atom stereocenters. The number of aryl methyl sites for hydroxylation is 1. The van der Waals surface area contributed by atoms with E-state index in [0.717, 1.165) is 0 Å². The number of hydrogen-bond donors (Lipinski definition) is 3. The lowest BCUT2D eigenvalue weighted by Crippen LogP contribution is -2.25. The van der Waals surface area contributed by atoms with Gasteiger partial charge in [0.25, 0.3) is 11.6 Å². The van der Waals surface area contributed by atoms with Gasteiger partial charge in [0.05, 0.1) is 23.2 Å². The van der Waals surface area contributed by atoms with Crippen molar-refractivity contribution in [2.24, 2.45) is 5.84 Å². The lowest BCUT2D eigenvalue weighted by atomic mass is 10.1. The molecule has 9 nitrogen and oxygen atoms in total. The third-order valence-corrected chi connectivity index (χ3v) is 2.70. The second-order valence-electron chi connectivity index (χ2n) is 4.15. The van der Waals surface area contributed by atoms with Crippen LogP contribution in [-0.4, -0.2) is 15.8 Å². The second kappa shape index (κ2) is 6.01. The van der Waals surface area contributed by atoms with E-state index in [0.29, 0.717) is 11.7 Å². The number of aromatic nitrogens is 1. The van der Waals surface area contributed by atoms with Gasteiger partial charge < -0.3 is 15.2 Å². The van der Waals surface area contributed by atoms with Gasteiger partial charge >= 0.3 is 0 Å². The number of benzene rings is 1. The van der Waals surface area contributed by atoms with Crippen LogP contribution in [0.1, 0.15) is 22.0 Å². The Labute approximate surface area is 119 Å². The molecule has 4 N–H and O–H groups in total. The van der Waals surface area contributed by atoms with E-state index in [2.05, 4.69) is 15.7 Å². The van der Waals surface area contributed by atoms with Gasteiger partial charge in [-0.15, -0.1) is 0 Å². The van der Waals surface area contributed by atoms with Gasteiger partial charge in [-0.05, 0) is 13.0 Å². The summed E-state index contributed by atoms with van der Waals surface area (Å²) in [5.41, 5.74) is 1.92. The normalized spacial score (nSPS) is 10.2. The molecule has 0 aliphatic heterocycles. The molecule has 0 unspecified atom stereocenters. The number of nitro groups is 1. The number of para-hydroxylation sites is 1. The lowest BCUT2D eigenvalue weighted by Gasteiger charge is -2.09. The van der Waals surface area contributed by atoms with Crippen molar-refractivity contribution < 1.29 is 14.1 Å². The number of nitrogen functional groups attached to an aromatic ring is 1. The van der Waals surface area contributed by atoms with Crippen LogP contribution >= 0.6 is 0 Å². The van der Waals surface area contributed by atoms with Crippen molar-refractivity contribution in [3.8, 4) is 0 Å². The summed E-state index contributed by atoms with van der Waals surface area (Å²) in [7, 11) is 0. The van der Waals surface area contributed by atoms with Gasteiger partial charge in [0.2, 0.25) is 5.89 Å². The van der Waals surface area contributed by atoms with Gasteiger partial charge in [-0.25, -0.2) is 4.98 Å². The fourth-order valence-corrected chi connectivity index (χ4v) is 1.77. The lowest BCUT2D eigenvalue weighted by molar-refractivity contribution is -0.384. The minimum atomic E-state index is -0.622. The van der Waals surface area contributed by atoms with Crippen LogP contribution in [0.2, 0.25) is 0 Å². The maximum absolute atomic E-state index is 12.1. The molecule has 1 aromatic carbocycles. The van der Waals surface area contributed by atoms with Crippen LogP contribution < -0.4 is 16.6 Å². The molecule has 0 radical (unpaired) electrons. The number of nitro benzene ring substituents is 1. The summed E-state index contributed by atoms with van der Waals surface area (Å²) in [5.74, 6) is 5.71. The zero-order chi connectivity index (χ0) is 15.4. The number of anilines is 1. The number of nitrogens with zero attached hydrogens (tertiary/aromatic N) is 2. The van der Waals surface area contributed by atoms with Crippen LogP contribution in [0.15, 0.2) is 28.8 Å². The van der Waals surface area contributed by atoms with Crippen LogP contribution in [0.25, 0.3) is 0 Å². The Morgan fingerprint density at radius 3 is 2.86 bits per heavy atom. The molecule has 2 aromatic rings. The number of oxazole rings is 1. The predicted octanol–water partition coefficient (Wildman–Crippen LogP) is 1.11. The molecule has 0 fully saturated rings. The summed E-state index contributed by atoms with van der Waals surface area (Å²) >= 11 is 0. The molecule has 1 heterocycles. The van der Waals surface area contributed by atoms with E-state index in [1.54, 1.807) is 6.92 Å². The third kappa shape index (κ3) is 3.15. The van der Waals surface area contributed by atoms with E-state index in [1.165, 1.54) is 24.4 Å². The molecule has 0 saturated heterocycles. The number of carbonyl (C=O) groups excluding carboxylic acids is 1. The maximum atomic E-state index is 12.1. The van der Waals surface area contributed by atoms with Gasteiger partial charge in [0, 0.05) is 6.07 Å². The number of carbonyl (C=O) groups is 1. The molecule has 9 heteroatoms. The monoisotopic (exact) mass is 291 g/mol. The average Bonchev–Trinajstić information content (AvgIpc) is 2.89. The number of nitrogens with two attached hydrogens (primary N) is 1. The summed E-state index contributed by atoms with van der Waals surface area (Å²) in [6.07, 6.45) is 1.53. The Hall–Kier alpha value is -2.94. The zero-order valence-corrected chi connectivity index (χ0v) is 11.1. The van der Waals surface area contributed by atoms with Crippen molar-refractivity contribution >= 4 is 17.3 Å². The number of hydrogen-bond acceptors (Lipinski definition) is 7. The molecule has 0 aliphatic rings. The summed E-state index contributed by atoms with van der Waals surface area (Å²) < 4.78 is 5.21. The van der Waals surface area contributed by atoms with Gasteiger partial charge in [-0.2, -0.15) is 0 Å². The van der Waals surface area contributed by atoms with Crippen molar-refractivity contribution in [1.82, 2.24) is 10.3 Å². The van der Waals surface area contributed by atoms with E-state index in [4.69, 9.17) is 10.3 Å². The molecule has 0 bridgehead atoms. The smallest absolute Gasteiger partial charge is 0.294 e. The molecule has 0 spiro atoms. The fourth-order valence-electron chi connectivity index (χ4n) is 1.77. The Kier molecular flexibility index (Phi) is 4.14. The summed E-state index contributed by atoms with van der Waals surface area (Å²) in [6.45, 7) is 1.80. The highest BCUT2D eigenvalue weighted by Crippen LogP contribution is 2.27. The molecule has 21 heavy (non-hydrogen) atoms. The molecule has 0 saturated carbocycles. The summed E-state index contributed by atoms with van der Waals surface area (Å²) in [4.78, 5) is 26.3. The number of nitrogens with one attached hydrogen (secondary N) is 2. The standard InChI is InChI=1S/C12H13N5O4/c1-7-5-14-10(21-7)6-15-12(18)8-3-2-4-9(17(19)20)11(8)16-13/h2-5,16H,6,13H2,1H3,(H,15,18). The minimum absolute atomic E-state index is 0.0522. The highest BCUT2D eigenvalue weighted by molar-refractivity contribution is 6.01. The predicted molar refractivity (Wildman–Crippen MR) is 73.3 cm³/mol. The van der Waals surface area contributed by atoms with Gasteiger partial charge in [0.15, 0.2) is 0 Å². The maximum Gasteiger partial charge on any atom is 0.294 e. The van der Waals surface area contributed by atoms with E-state index >= 15 is 0 Å².